The minimum Gasteiger partial charge on any atom is -0.351 e. The number of carbonyl (C=O) groups excluding carboxylic acids is 2. The third-order valence-electron chi connectivity index (χ3n) is 5.21. The number of aryl methyl sites for hydroxylation is 1. The summed E-state index contributed by atoms with van der Waals surface area (Å²) in [6.07, 6.45) is 7.02. The molecule has 0 radical (unpaired) electrons. The summed E-state index contributed by atoms with van der Waals surface area (Å²) in [6, 6.07) is 0.425. The molecule has 2 aliphatic heterocycles. The van der Waals surface area contributed by atoms with Gasteiger partial charge in [-0.1, -0.05) is 12.8 Å². The third-order valence-corrected chi connectivity index (χ3v) is 5.21. The summed E-state index contributed by atoms with van der Waals surface area (Å²) in [4.78, 5) is 34.2. The van der Waals surface area contributed by atoms with Crippen LogP contribution >= 0.6 is 0 Å². The number of aromatic amines is 1. The van der Waals surface area contributed by atoms with Gasteiger partial charge in [-0.2, -0.15) is 0 Å². The fourth-order valence-corrected chi connectivity index (χ4v) is 4.03. The number of aromatic nitrogens is 2. The highest BCUT2D eigenvalue weighted by atomic mass is 16.2. The van der Waals surface area contributed by atoms with E-state index in [4.69, 9.17) is 0 Å². The number of fused-ring (bicyclic) bond motifs is 1. The van der Waals surface area contributed by atoms with Gasteiger partial charge in [0.2, 0.25) is 5.91 Å². The van der Waals surface area contributed by atoms with E-state index in [0.717, 1.165) is 43.7 Å². The Morgan fingerprint density at radius 1 is 1.14 bits per heavy atom. The van der Waals surface area contributed by atoms with Crippen LogP contribution in [-0.2, 0) is 11.2 Å². The van der Waals surface area contributed by atoms with Crippen molar-refractivity contribution in [2.75, 3.05) is 13.1 Å². The van der Waals surface area contributed by atoms with Gasteiger partial charge in [-0.05, 0) is 25.7 Å². The molecule has 6 nitrogen and oxygen atoms in total. The van der Waals surface area contributed by atoms with Gasteiger partial charge in [0.05, 0.1) is 0 Å². The zero-order valence-electron chi connectivity index (χ0n) is 12.7. The molecule has 1 saturated heterocycles. The quantitative estimate of drug-likeness (QED) is 0.865. The maximum atomic E-state index is 12.3. The second kappa shape index (κ2) is 5.41. The van der Waals surface area contributed by atoms with Crippen molar-refractivity contribution in [2.24, 2.45) is 0 Å². The van der Waals surface area contributed by atoms with E-state index in [-0.39, 0.29) is 17.7 Å². The molecule has 3 aliphatic rings. The Balaban J connectivity index is 1.54. The number of H-pyrrole nitrogens is 1. The second-order valence-corrected chi connectivity index (χ2v) is 6.69. The van der Waals surface area contributed by atoms with E-state index in [1.807, 2.05) is 4.90 Å². The van der Waals surface area contributed by atoms with Crippen LogP contribution in [-0.4, -0.2) is 45.8 Å². The molecule has 6 heteroatoms. The van der Waals surface area contributed by atoms with E-state index in [9.17, 15) is 9.59 Å². The van der Waals surface area contributed by atoms with E-state index in [2.05, 4.69) is 15.3 Å². The maximum Gasteiger partial charge on any atom is 0.271 e. The number of carbonyl (C=O) groups is 2. The van der Waals surface area contributed by atoms with Crippen molar-refractivity contribution in [3.63, 3.8) is 0 Å². The molecule has 3 heterocycles. The Kier molecular flexibility index (Phi) is 3.39. The summed E-state index contributed by atoms with van der Waals surface area (Å²) in [7, 11) is 0. The molecule has 4 rings (SSSR count). The summed E-state index contributed by atoms with van der Waals surface area (Å²) in [5.41, 5.74) is 1.45. The van der Waals surface area contributed by atoms with Gasteiger partial charge in [-0.3, -0.25) is 9.59 Å². The molecule has 0 aromatic carbocycles. The smallest absolute Gasteiger partial charge is 0.271 e. The first-order valence-corrected chi connectivity index (χ1v) is 8.39. The number of nitrogens with zero attached hydrogens (tertiary/aromatic N) is 2. The zero-order chi connectivity index (χ0) is 15.1. The minimum atomic E-state index is -0.0908. The maximum absolute atomic E-state index is 12.3. The van der Waals surface area contributed by atoms with Crippen molar-refractivity contribution in [3.8, 4) is 0 Å². The lowest BCUT2D eigenvalue weighted by Gasteiger charge is -2.23. The van der Waals surface area contributed by atoms with E-state index >= 15 is 0 Å². The first-order valence-electron chi connectivity index (χ1n) is 8.39. The van der Waals surface area contributed by atoms with Crippen LogP contribution in [0, 0.1) is 0 Å². The molecule has 2 amide bonds. The van der Waals surface area contributed by atoms with Gasteiger partial charge >= 0.3 is 0 Å². The largest absolute Gasteiger partial charge is 0.351 e. The van der Waals surface area contributed by atoms with Crippen molar-refractivity contribution in [1.82, 2.24) is 20.2 Å². The molecular formula is C16H22N4O2. The number of likely N-dealkylation sites (tertiary alicyclic amines) is 1. The van der Waals surface area contributed by atoms with Gasteiger partial charge in [-0.15, -0.1) is 0 Å². The van der Waals surface area contributed by atoms with Crippen LogP contribution in [0.4, 0.5) is 0 Å². The molecule has 0 unspecified atom stereocenters. The molecule has 1 saturated carbocycles. The second-order valence-electron chi connectivity index (χ2n) is 6.69. The van der Waals surface area contributed by atoms with Crippen LogP contribution in [0.1, 0.15) is 66.4 Å². The molecule has 2 N–H and O–H groups in total. The van der Waals surface area contributed by atoms with Gasteiger partial charge in [0.25, 0.3) is 5.91 Å². The SMILES string of the molecule is O=C1NCCCc2[nH]c([C@@H]3CC(=O)N(C4CCCC4)C3)nc21. The van der Waals surface area contributed by atoms with Crippen molar-refractivity contribution < 1.29 is 9.59 Å². The standard InChI is InChI=1S/C16H22N4O2/c21-13-8-10(9-20(13)11-4-1-2-5-11)15-18-12-6-3-7-17-16(22)14(12)19-15/h10-11H,1-9H2,(H,17,22)(H,18,19)/t10-/m1/s1. The summed E-state index contributed by atoms with van der Waals surface area (Å²) in [6.45, 7) is 1.45. The van der Waals surface area contributed by atoms with E-state index in [1.54, 1.807) is 0 Å². The first kappa shape index (κ1) is 13.8. The first-order chi connectivity index (χ1) is 10.7. The fourth-order valence-electron chi connectivity index (χ4n) is 4.03. The van der Waals surface area contributed by atoms with Crippen LogP contribution in [0.25, 0.3) is 0 Å². The molecule has 1 aromatic rings. The lowest BCUT2D eigenvalue weighted by Crippen LogP contribution is -2.34. The topological polar surface area (TPSA) is 78.1 Å². The molecule has 2 fully saturated rings. The summed E-state index contributed by atoms with van der Waals surface area (Å²) in [5, 5.41) is 2.87. The average Bonchev–Trinajstić information content (AvgIpc) is 3.20. The van der Waals surface area contributed by atoms with E-state index < -0.39 is 0 Å². The van der Waals surface area contributed by atoms with Gasteiger partial charge in [0.15, 0.2) is 0 Å². The molecular weight excluding hydrogens is 280 g/mol. The van der Waals surface area contributed by atoms with Crippen molar-refractivity contribution >= 4 is 11.8 Å². The van der Waals surface area contributed by atoms with Gasteiger partial charge in [0, 0.05) is 37.2 Å². The van der Waals surface area contributed by atoms with Crippen molar-refractivity contribution in [3.05, 3.63) is 17.2 Å². The molecule has 118 valence electrons. The Morgan fingerprint density at radius 3 is 2.77 bits per heavy atom. The Bertz CT molecular complexity index is 603. The van der Waals surface area contributed by atoms with Crippen LogP contribution in [0.5, 0.6) is 0 Å². The normalized spacial score (nSPS) is 26.2. The predicted octanol–water partition coefficient (Wildman–Crippen LogP) is 1.34. The number of hydrogen-bond acceptors (Lipinski definition) is 3. The molecule has 1 aromatic heterocycles. The summed E-state index contributed by atoms with van der Waals surface area (Å²) in [5.74, 6) is 1.07. The van der Waals surface area contributed by atoms with Gasteiger partial charge in [-0.25, -0.2) is 4.98 Å². The molecule has 1 aliphatic carbocycles. The van der Waals surface area contributed by atoms with Gasteiger partial charge in [0.1, 0.15) is 11.5 Å². The van der Waals surface area contributed by atoms with E-state index in [0.29, 0.717) is 24.7 Å². The monoisotopic (exact) mass is 302 g/mol. The van der Waals surface area contributed by atoms with Crippen LogP contribution < -0.4 is 5.32 Å². The molecule has 0 spiro atoms. The fraction of sp³-hybridized carbons (Fsp3) is 0.688. The highest BCUT2D eigenvalue weighted by molar-refractivity contribution is 5.93. The van der Waals surface area contributed by atoms with Crippen molar-refractivity contribution in [2.45, 2.75) is 56.9 Å². The average molecular weight is 302 g/mol. The summed E-state index contributed by atoms with van der Waals surface area (Å²) < 4.78 is 0. The van der Waals surface area contributed by atoms with Crippen molar-refractivity contribution in [1.29, 1.82) is 0 Å². The van der Waals surface area contributed by atoms with Crippen LogP contribution in [0.3, 0.4) is 0 Å². The minimum absolute atomic E-state index is 0.0908. The number of hydrogen-bond donors (Lipinski definition) is 2. The Morgan fingerprint density at radius 2 is 1.95 bits per heavy atom. The Labute approximate surface area is 129 Å². The molecule has 0 bridgehead atoms. The van der Waals surface area contributed by atoms with Crippen LogP contribution in [0.2, 0.25) is 0 Å². The van der Waals surface area contributed by atoms with E-state index in [1.165, 1.54) is 12.8 Å². The lowest BCUT2D eigenvalue weighted by molar-refractivity contribution is -0.129. The number of rotatable bonds is 2. The number of imidazole rings is 1. The van der Waals surface area contributed by atoms with Crippen LogP contribution in [0.15, 0.2) is 0 Å². The lowest BCUT2D eigenvalue weighted by atomic mass is 10.1. The number of nitrogens with one attached hydrogen (secondary N) is 2. The zero-order valence-corrected chi connectivity index (χ0v) is 12.7. The molecule has 1 atom stereocenters. The number of amides is 2. The highest BCUT2D eigenvalue weighted by Gasteiger charge is 2.38. The predicted molar refractivity (Wildman–Crippen MR) is 80.6 cm³/mol. The third kappa shape index (κ3) is 2.30. The summed E-state index contributed by atoms with van der Waals surface area (Å²) >= 11 is 0. The highest BCUT2D eigenvalue weighted by Crippen LogP contribution is 2.33. The Hall–Kier alpha value is -1.85. The molecule has 22 heavy (non-hydrogen) atoms. The van der Waals surface area contributed by atoms with Gasteiger partial charge < -0.3 is 15.2 Å².